The van der Waals surface area contributed by atoms with Gasteiger partial charge in [-0.3, -0.25) is 4.43 Å². The van der Waals surface area contributed by atoms with E-state index in [0.29, 0.717) is 6.90 Å². The summed E-state index contributed by atoms with van der Waals surface area (Å²) in [6.45, 7) is 0.431. The topological polar surface area (TPSA) is 0 Å². The molecule has 0 spiro atoms. The molecule has 0 rings (SSSR count). The molecule has 0 aromatic heterocycles. The van der Waals surface area contributed by atoms with Crippen LogP contribution in [0.5, 0.6) is 0 Å². The number of rotatable bonds is 0. The minimum atomic E-state index is 0. The van der Waals surface area contributed by atoms with Crippen molar-refractivity contribution in [2.75, 3.05) is 0 Å². The van der Waals surface area contributed by atoms with Crippen LogP contribution >= 0.6 is 22.6 Å². The fourth-order valence-electron chi connectivity index (χ4n) is 0. The second kappa shape index (κ2) is 8.85. The van der Waals surface area contributed by atoms with Crippen molar-refractivity contribution in [2.45, 2.75) is 6.90 Å². The summed E-state index contributed by atoms with van der Waals surface area (Å²) in [6.07, 6.45) is 0. The molecule has 2 heteroatoms. The van der Waals surface area contributed by atoms with Gasteiger partial charge in [-0.15, -0.1) is 0 Å². The molecule has 1 radical (unpaired) electrons. The maximum absolute atomic E-state index is 6.39. The predicted octanol–water partition coefficient (Wildman–Crippen LogP) is 1.60. The molecule has 0 aliphatic carbocycles. The van der Waals surface area contributed by atoms with Gasteiger partial charge >= 0.3 is 0 Å². The second-order valence-electron chi connectivity index (χ2n) is 0.154. The van der Waals surface area contributed by atoms with Crippen molar-refractivity contribution < 1.29 is 19.9 Å². The second-order valence-corrected chi connectivity index (χ2v) is 1.04. The van der Waals surface area contributed by atoms with Crippen LogP contribution in [0.3, 0.4) is 0 Å². The molecule has 0 unspecified atom stereocenters. The summed E-state index contributed by atoms with van der Waals surface area (Å²) in [4.78, 5) is 0. The molecule has 0 aliphatic rings. The molecule has 0 aliphatic heterocycles. The van der Waals surface area contributed by atoms with Gasteiger partial charge in [-0.25, -0.2) is 0 Å². The SMILES string of the molecule is [2H]C[CH-]I.[V]. The molecule has 0 fully saturated rings. The molecule has 0 nitrogen and oxygen atoms in total. The zero-order chi connectivity index (χ0) is 3.41. The Hall–Kier alpha value is 1.31. The van der Waals surface area contributed by atoms with Gasteiger partial charge in [0.2, 0.25) is 0 Å². The Morgan fingerprint density at radius 1 is 2.25 bits per heavy atom. The molecule has 0 saturated heterocycles. The standard InChI is InChI=1S/C2H4I.V/c1-2-3;/h2H,1H3;/q-1;/i1D;. The Morgan fingerprint density at radius 2 is 2.50 bits per heavy atom. The first kappa shape index (κ1) is 5.31. The summed E-state index contributed by atoms with van der Waals surface area (Å²) in [5.74, 6) is 0. The number of halogens is 1. The van der Waals surface area contributed by atoms with E-state index in [9.17, 15) is 0 Å². The van der Waals surface area contributed by atoms with Crippen molar-refractivity contribution in [3.05, 3.63) is 4.43 Å². The molecule has 0 aromatic rings. The third kappa shape index (κ3) is 10.3. The maximum atomic E-state index is 6.39. The molecule has 25 valence electrons. The van der Waals surface area contributed by atoms with Gasteiger partial charge in [-0.1, -0.05) is 0 Å². The third-order valence-electron chi connectivity index (χ3n) is 0. The molecular weight excluding hydrogens is 202 g/mol. The van der Waals surface area contributed by atoms with Crippen LogP contribution in [0.25, 0.3) is 0 Å². The van der Waals surface area contributed by atoms with E-state index in [1.807, 2.05) is 22.6 Å². The Morgan fingerprint density at radius 3 is 2.50 bits per heavy atom. The van der Waals surface area contributed by atoms with Crippen LogP contribution in [0.15, 0.2) is 0 Å². The monoisotopic (exact) mass is 207 g/mol. The smallest absolute Gasteiger partial charge is 0 e. The molecular formula is C2H4IV-. The Bertz CT molecular complexity index is 11.6. The summed E-state index contributed by atoms with van der Waals surface area (Å²) in [7, 11) is 0. The van der Waals surface area contributed by atoms with E-state index < -0.39 is 0 Å². The number of hydrogen-bond acceptors (Lipinski definition) is 0. The summed E-state index contributed by atoms with van der Waals surface area (Å²) in [6, 6.07) is 0. The van der Waals surface area contributed by atoms with Crippen molar-refractivity contribution in [3.63, 3.8) is 0 Å². The fraction of sp³-hybridized carbons (Fsp3) is 0.500. The van der Waals surface area contributed by atoms with Crippen LogP contribution in [0, 0.1) is 4.43 Å². The summed E-state index contributed by atoms with van der Waals surface area (Å²) < 4.78 is 8.15. The van der Waals surface area contributed by atoms with Crippen molar-refractivity contribution in [1.82, 2.24) is 0 Å². The van der Waals surface area contributed by atoms with Crippen molar-refractivity contribution in [3.8, 4) is 0 Å². The Balaban J connectivity index is 0. The average Bonchev–Trinajstić information content (AvgIpc) is 1.37. The maximum Gasteiger partial charge on any atom is 0 e. The van der Waals surface area contributed by atoms with Crippen LogP contribution in [0.2, 0.25) is 0 Å². The van der Waals surface area contributed by atoms with Gasteiger partial charge in [0, 0.05) is 18.6 Å². The van der Waals surface area contributed by atoms with E-state index in [4.69, 9.17) is 1.37 Å². The molecule has 4 heavy (non-hydrogen) atoms. The predicted molar refractivity (Wildman–Crippen MR) is 24.0 cm³/mol. The van der Waals surface area contributed by atoms with Crippen LogP contribution in [-0.4, -0.2) is 0 Å². The van der Waals surface area contributed by atoms with Crippen LogP contribution in [0.1, 0.15) is 8.27 Å². The minimum absolute atomic E-state index is 0. The average molecular weight is 207 g/mol. The summed E-state index contributed by atoms with van der Waals surface area (Å²) in [5.41, 5.74) is 0. The van der Waals surface area contributed by atoms with Crippen molar-refractivity contribution >= 4 is 22.6 Å². The van der Waals surface area contributed by atoms with Gasteiger partial charge in [0.1, 0.15) is 0 Å². The van der Waals surface area contributed by atoms with E-state index >= 15 is 0 Å². The van der Waals surface area contributed by atoms with Crippen molar-refractivity contribution in [2.24, 2.45) is 0 Å². The third-order valence-corrected chi connectivity index (χ3v) is 0. The zero-order valence-corrected chi connectivity index (χ0v) is 5.66. The quantitative estimate of drug-likeness (QED) is 0.418. The molecule has 0 N–H and O–H groups in total. The van der Waals surface area contributed by atoms with E-state index in [1.165, 1.54) is 0 Å². The van der Waals surface area contributed by atoms with Crippen LogP contribution in [-0.2, 0) is 18.6 Å². The van der Waals surface area contributed by atoms with E-state index in [1.54, 1.807) is 4.43 Å². The first-order chi connectivity index (χ1) is 1.91. The van der Waals surface area contributed by atoms with Gasteiger partial charge in [0.15, 0.2) is 0 Å². The van der Waals surface area contributed by atoms with Crippen LogP contribution < -0.4 is 0 Å². The van der Waals surface area contributed by atoms with E-state index in [2.05, 4.69) is 0 Å². The normalized spacial score (nSPS) is 7.75. The summed E-state index contributed by atoms with van der Waals surface area (Å²) >= 11 is 2.04. The zero-order valence-electron chi connectivity index (χ0n) is 3.11. The van der Waals surface area contributed by atoms with Gasteiger partial charge in [0.25, 0.3) is 0 Å². The van der Waals surface area contributed by atoms with E-state index in [-0.39, 0.29) is 18.6 Å². The first-order valence-corrected chi connectivity index (χ1v) is 1.87. The first-order valence-electron chi connectivity index (χ1n) is 1.33. The largest absolute Gasteiger partial charge is 0.316 e. The van der Waals surface area contributed by atoms with Gasteiger partial charge < -0.3 is 22.6 Å². The minimum Gasteiger partial charge on any atom is -0.316 e. The molecule has 0 aromatic carbocycles. The van der Waals surface area contributed by atoms with E-state index in [0.717, 1.165) is 0 Å². The molecule has 0 amide bonds. The molecule has 0 saturated carbocycles. The van der Waals surface area contributed by atoms with Gasteiger partial charge in [-0.2, -0.15) is 6.90 Å². The summed E-state index contributed by atoms with van der Waals surface area (Å²) in [5, 5.41) is 0. The fourth-order valence-corrected chi connectivity index (χ4v) is 0. The van der Waals surface area contributed by atoms with Crippen molar-refractivity contribution in [1.29, 1.82) is 0 Å². The molecule has 0 heterocycles. The Labute approximate surface area is 53.8 Å². The van der Waals surface area contributed by atoms with Gasteiger partial charge in [0.05, 0.1) is 0 Å². The molecule has 0 atom stereocenters. The van der Waals surface area contributed by atoms with Crippen LogP contribution in [0.4, 0.5) is 0 Å². The Kier molecular flexibility index (Phi) is 11.8. The molecule has 0 bridgehead atoms. The van der Waals surface area contributed by atoms with Gasteiger partial charge in [-0.05, 0) is 1.37 Å². The number of hydrogen-bond donors (Lipinski definition) is 0.